The summed E-state index contributed by atoms with van der Waals surface area (Å²) >= 11 is 0. The molecule has 0 aromatic heterocycles. The number of rotatable bonds is 12. The van der Waals surface area contributed by atoms with Gasteiger partial charge >= 0.3 is 23.9 Å². The van der Waals surface area contributed by atoms with E-state index >= 15 is 0 Å². The number of hydrogen-bond acceptors (Lipinski definition) is 8. The summed E-state index contributed by atoms with van der Waals surface area (Å²) in [4.78, 5) is 48.3. The molecule has 196 valence electrons. The molecule has 0 saturated carbocycles. The van der Waals surface area contributed by atoms with Crippen molar-refractivity contribution >= 4 is 23.9 Å². The third-order valence-corrected chi connectivity index (χ3v) is 4.94. The van der Waals surface area contributed by atoms with Crippen LogP contribution in [0.1, 0.15) is 88.5 Å². The van der Waals surface area contributed by atoms with E-state index < -0.39 is 58.1 Å². The summed E-state index contributed by atoms with van der Waals surface area (Å²) in [5.74, 6) is 0.0359. The Morgan fingerprint density at radius 1 is 0.600 bits per heavy atom. The first-order chi connectivity index (χ1) is 15.6. The van der Waals surface area contributed by atoms with Crippen molar-refractivity contribution in [1.29, 1.82) is 0 Å². The van der Waals surface area contributed by atoms with Gasteiger partial charge in [-0.3, -0.25) is 9.59 Å². The molecule has 0 aliphatic carbocycles. The highest BCUT2D eigenvalue weighted by Crippen LogP contribution is 2.30. The summed E-state index contributed by atoms with van der Waals surface area (Å²) in [5.41, 5.74) is -3.78. The molecule has 0 N–H and O–H groups in total. The molecule has 0 aromatic carbocycles. The smallest absolute Gasteiger partial charge is 0.384 e. The van der Waals surface area contributed by atoms with Crippen LogP contribution in [0.25, 0.3) is 0 Å². The van der Waals surface area contributed by atoms with E-state index in [1.807, 2.05) is 11.8 Å². The third-order valence-electron chi connectivity index (χ3n) is 4.94. The average molecular weight is 493 g/mol. The SMILES string of the molecule is C#CC(=O)OC(C)(C)CC(C)(C)OC(=O)C(C)CC(C)C(=O)OC(C)(C)CC(C)(C)OC(=O)C#C. The second-order valence-electron chi connectivity index (χ2n) is 11.3. The largest absolute Gasteiger partial charge is 0.459 e. The molecule has 0 aromatic rings. The molecule has 0 aliphatic rings. The van der Waals surface area contributed by atoms with Gasteiger partial charge in [0.25, 0.3) is 0 Å². The second kappa shape index (κ2) is 12.1. The van der Waals surface area contributed by atoms with E-state index in [0.29, 0.717) is 0 Å². The third kappa shape index (κ3) is 12.9. The lowest BCUT2D eigenvalue weighted by Gasteiger charge is -2.35. The van der Waals surface area contributed by atoms with Crippen LogP contribution in [0.4, 0.5) is 0 Å². The molecule has 8 heteroatoms. The Balaban J connectivity index is 4.99. The maximum atomic E-state index is 12.7. The van der Waals surface area contributed by atoms with Crippen molar-refractivity contribution < 1.29 is 38.1 Å². The van der Waals surface area contributed by atoms with Crippen molar-refractivity contribution in [3.8, 4) is 24.7 Å². The van der Waals surface area contributed by atoms with Crippen molar-refractivity contribution in [2.24, 2.45) is 11.8 Å². The lowest BCUT2D eigenvalue weighted by Crippen LogP contribution is -2.41. The molecule has 0 spiro atoms. The van der Waals surface area contributed by atoms with Crippen molar-refractivity contribution in [3.63, 3.8) is 0 Å². The Bertz CT molecular complexity index is 808. The predicted octanol–water partition coefficient (Wildman–Crippen LogP) is 3.98. The molecule has 0 radical (unpaired) electrons. The molecular weight excluding hydrogens is 452 g/mol. The summed E-state index contributed by atoms with van der Waals surface area (Å²) in [6, 6.07) is 0. The maximum Gasteiger partial charge on any atom is 0.384 e. The number of hydrogen-bond donors (Lipinski definition) is 0. The van der Waals surface area contributed by atoms with Gasteiger partial charge in [-0.15, -0.1) is 12.8 Å². The Labute approximate surface area is 209 Å². The topological polar surface area (TPSA) is 105 Å². The Hall–Kier alpha value is -3.00. The van der Waals surface area contributed by atoms with Crippen LogP contribution in [-0.4, -0.2) is 46.3 Å². The fraction of sp³-hybridized carbons (Fsp3) is 0.704. The summed E-state index contributed by atoms with van der Waals surface area (Å²) < 4.78 is 21.7. The molecule has 2 unspecified atom stereocenters. The molecule has 0 saturated heterocycles. The summed E-state index contributed by atoms with van der Waals surface area (Å²) in [6.45, 7) is 16.9. The number of ether oxygens (including phenoxy) is 4. The van der Waals surface area contributed by atoms with Crippen LogP contribution in [0.5, 0.6) is 0 Å². The van der Waals surface area contributed by atoms with Crippen LogP contribution in [-0.2, 0) is 38.1 Å². The van der Waals surface area contributed by atoms with Gasteiger partial charge < -0.3 is 18.9 Å². The standard InChI is InChI=1S/C27H40O8/c1-13-20(28)32-24(5,6)16-26(9,10)34-22(30)18(3)15-19(4)23(31)35-27(11,12)17-25(7,8)33-21(29)14-2/h1-2,18-19H,15-17H2,3-12H3. The zero-order valence-electron chi connectivity index (χ0n) is 22.7. The van der Waals surface area contributed by atoms with E-state index in [-0.39, 0.29) is 19.3 Å². The summed E-state index contributed by atoms with van der Waals surface area (Å²) in [7, 11) is 0. The Morgan fingerprint density at radius 2 is 0.857 bits per heavy atom. The Morgan fingerprint density at radius 3 is 1.11 bits per heavy atom. The van der Waals surface area contributed by atoms with Crippen LogP contribution < -0.4 is 0 Å². The number of terminal acetylenes is 2. The van der Waals surface area contributed by atoms with Gasteiger partial charge in [-0.05, 0) is 61.8 Å². The van der Waals surface area contributed by atoms with Crippen molar-refractivity contribution in [3.05, 3.63) is 0 Å². The molecule has 0 fully saturated rings. The molecule has 0 aliphatic heterocycles. The average Bonchev–Trinajstić information content (AvgIpc) is 2.63. The molecule has 8 nitrogen and oxygen atoms in total. The van der Waals surface area contributed by atoms with Gasteiger partial charge in [-0.2, -0.15) is 0 Å². The minimum atomic E-state index is -0.948. The highest BCUT2D eigenvalue weighted by Gasteiger charge is 2.38. The number of carbonyl (C=O) groups excluding carboxylic acids is 4. The monoisotopic (exact) mass is 492 g/mol. The fourth-order valence-corrected chi connectivity index (χ4v) is 4.22. The molecule has 35 heavy (non-hydrogen) atoms. The Kier molecular flexibility index (Phi) is 11.1. The highest BCUT2D eigenvalue weighted by atomic mass is 16.6. The first-order valence-electron chi connectivity index (χ1n) is 11.5. The van der Waals surface area contributed by atoms with Gasteiger partial charge in [0.05, 0.1) is 11.8 Å². The van der Waals surface area contributed by atoms with E-state index in [2.05, 4.69) is 0 Å². The molecule has 2 atom stereocenters. The first kappa shape index (κ1) is 32.0. The maximum absolute atomic E-state index is 12.7. The quantitative estimate of drug-likeness (QED) is 0.174. The lowest BCUT2D eigenvalue weighted by atomic mass is 9.91. The minimum absolute atomic E-state index is 0.203. The van der Waals surface area contributed by atoms with Gasteiger partial charge in [-0.1, -0.05) is 13.8 Å². The molecule has 0 rings (SSSR count). The highest BCUT2D eigenvalue weighted by molar-refractivity contribution is 5.88. The fourth-order valence-electron chi connectivity index (χ4n) is 4.22. The second-order valence-corrected chi connectivity index (χ2v) is 11.3. The molecule has 0 amide bonds. The summed E-state index contributed by atoms with van der Waals surface area (Å²) in [5, 5.41) is 0. The van der Waals surface area contributed by atoms with Crippen LogP contribution in [0, 0.1) is 36.5 Å². The zero-order valence-corrected chi connectivity index (χ0v) is 22.7. The van der Waals surface area contributed by atoms with Gasteiger partial charge in [0.2, 0.25) is 0 Å². The van der Waals surface area contributed by atoms with Gasteiger partial charge in [0.15, 0.2) is 0 Å². The van der Waals surface area contributed by atoms with Crippen LogP contribution >= 0.6 is 0 Å². The number of carbonyl (C=O) groups is 4. The van der Waals surface area contributed by atoms with E-state index in [4.69, 9.17) is 31.8 Å². The normalized spacial score (nSPS) is 13.9. The molecular formula is C27H40O8. The predicted molar refractivity (Wildman–Crippen MR) is 131 cm³/mol. The summed E-state index contributed by atoms with van der Waals surface area (Å²) in [6.07, 6.45) is 10.7. The van der Waals surface area contributed by atoms with Gasteiger partial charge in [0.1, 0.15) is 22.4 Å². The van der Waals surface area contributed by atoms with E-state index in [1.165, 1.54) is 0 Å². The first-order valence-corrected chi connectivity index (χ1v) is 11.5. The number of esters is 4. The van der Waals surface area contributed by atoms with Crippen LogP contribution in [0.15, 0.2) is 0 Å². The zero-order chi connectivity index (χ0) is 27.8. The van der Waals surface area contributed by atoms with Crippen LogP contribution in [0.3, 0.4) is 0 Å². The van der Waals surface area contributed by atoms with Gasteiger partial charge in [0, 0.05) is 24.7 Å². The van der Waals surface area contributed by atoms with E-state index in [0.717, 1.165) is 0 Å². The van der Waals surface area contributed by atoms with E-state index in [1.54, 1.807) is 69.2 Å². The van der Waals surface area contributed by atoms with Gasteiger partial charge in [-0.25, -0.2) is 9.59 Å². The van der Waals surface area contributed by atoms with E-state index in [9.17, 15) is 19.2 Å². The van der Waals surface area contributed by atoms with Crippen molar-refractivity contribution in [1.82, 2.24) is 0 Å². The molecule has 0 bridgehead atoms. The lowest BCUT2D eigenvalue weighted by molar-refractivity contribution is -0.172. The van der Waals surface area contributed by atoms with Crippen molar-refractivity contribution in [2.45, 2.75) is 111 Å². The molecule has 0 heterocycles. The van der Waals surface area contributed by atoms with Crippen LogP contribution in [0.2, 0.25) is 0 Å². The van der Waals surface area contributed by atoms with Crippen molar-refractivity contribution in [2.75, 3.05) is 0 Å². The minimum Gasteiger partial charge on any atom is -0.459 e.